The summed E-state index contributed by atoms with van der Waals surface area (Å²) in [6, 6.07) is 0. The molecule has 0 spiro atoms. The highest BCUT2D eigenvalue weighted by atomic mass is 16.5. The topological polar surface area (TPSA) is 90.4 Å². The molecule has 1 aliphatic rings. The lowest BCUT2D eigenvalue weighted by molar-refractivity contribution is 0.0682. The van der Waals surface area contributed by atoms with Gasteiger partial charge in [0.05, 0.1) is 0 Å². The molecule has 1 aliphatic heterocycles. The van der Waals surface area contributed by atoms with E-state index in [0.717, 1.165) is 18.7 Å². The third-order valence-electron chi connectivity index (χ3n) is 2.91. The van der Waals surface area contributed by atoms with Crippen LogP contribution in [-0.4, -0.2) is 34.3 Å². The van der Waals surface area contributed by atoms with Crippen molar-refractivity contribution in [2.45, 2.75) is 19.4 Å². The number of carboxylic acids is 1. The van der Waals surface area contributed by atoms with Gasteiger partial charge in [0.15, 0.2) is 11.5 Å². The first-order chi connectivity index (χ1) is 7.63. The fourth-order valence-corrected chi connectivity index (χ4v) is 2.19. The maximum atomic E-state index is 11.0. The summed E-state index contributed by atoms with van der Waals surface area (Å²) in [6.07, 6.45) is 1.63. The molecule has 2 heterocycles. The van der Waals surface area contributed by atoms with Crippen LogP contribution >= 0.6 is 0 Å². The Morgan fingerprint density at radius 3 is 3.12 bits per heavy atom. The number of rotatable bonds is 3. The normalized spacial score (nSPS) is 19.4. The predicted molar refractivity (Wildman–Crippen MR) is 57.3 cm³/mol. The third-order valence-corrected chi connectivity index (χ3v) is 2.91. The van der Waals surface area contributed by atoms with Crippen LogP contribution in [0.5, 0.6) is 0 Å². The zero-order valence-corrected chi connectivity index (χ0v) is 9.14. The van der Waals surface area contributed by atoms with Gasteiger partial charge < -0.3 is 20.1 Å². The van der Waals surface area contributed by atoms with Gasteiger partial charge in [-0.05, 0) is 12.3 Å². The number of methoxy groups -OCH3 is 1. The second kappa shape index (κ2) is 4.13. The fraction of sp³-hybridized carbons (Fsp3) is 0.600. The molecule has 0 aliphatic carbocycles. The van der Waals surface area contributed by atoms with E-state index in [1.807, 2.05) is 0 Å². The number of nitrogens with two attached hydrogens (primary N) is 1. The molecule has 0 bridgehead atoms. The predicted octanol–water partition coefficient (Wildman–Crippen LogP) is 0.372. The number of hydrogen-bond acceptors (Lipinski definition) is 4. The molecule has 0 saturated heterocycles. The van der Waals surface area contributed by atoms with Crippen LogP contribution in [0.15, 0.2) is 0 Å². The molecule has 88 valence electrons. The molecule has 6 nitrogen and oxygen atoms in total. The molecule has 1 unspecified atom stereocenters. The summed E-state index contributed by atoms with van der Waals surface area (Å²) in [6.45, 7) is 1.32. The summed E-state index contributed by atoms with van der Waals surface area (Å²) in [5.74, 6) is 0.256. The van der Waals surface area contributed by atoms with E-state index in [2.05, 4.69) is 4.98 Å². The van der Waals surface area contributed by atoms with Crippen molar-refractivity contribution in [3.05, 3.63) is 11.5 Å². The van der Waals surface area contributed by atoms with Crippen molar-refractivity contribution in [1.29, 1.82) is 0 Å². The molecule has 0 radical (unpaired) electrons. The smallest absolute Gasteiger partial charge is 0.356 e. The highest BCUT2D eigenvalue weighted by Crippen LogP contribution is 2.24. The number of nitrogens with zero attached hydrogens (tertiary/aromatic N) is 2. The standard InChI is InChI=1S/C10H15N3O3/c1-16-5-6-2-3-13-7(4-6)12-9(11)8(13)10(14)15/h6H,2-5,11H2,1H3,(H,14,15). The Morgan fingerprint density at radius 2 is 2.50 bits per heavy atom. The molecular weight excluding hydrogens is 210 g/mol. The molecule has 16 heavy (non-hydrogen) atoms. The van der Waals surface area contributed by atoms with Crippen molar-refractivity contribution in [3.63, 3.8) is 0 Å². The zero-order valence-electron chi connectivity index (χ0n) is 9.14. The van der Waals surface area contributed by atoms with Crippen LogP contribution in [0.4, 0.5) is 5.82 Å². The molecule has 1 atom stereocenters. The number of carbonyl (C=O) groups is 1. The van der Waals surface area contributed by atoms with Crippen LogP contribution in [0.1, 0.15) is 22.7 Å². The van der Waals surface area contributed by atoms with Crippen LogP contribution in [-0.2, 0) is 17.7 Å². The molecule has 0 amide bonds. The minimum atomic E-state index is -1.01. The number of nitrogen functional groups attached to an aromatic ring is 1. The van der Waals surface area contributed by atoms with E-state index in [1.54, 1.807) is 11.7 Å². The number of ether oxygens (including phenoxy) is 1. The maximum Gasteiger partial charge on any atom is 0.356 e. The van der Waals surface area contributed by atoms with E-state index in [0.29, 0.717) is 19.1 Å². The summed E-state index contributed by atoms with van der Waals surface area (Å²) in [4.78, 5) is 15.1. The van der Waals surface area contributed by atoms with E-state index in [1.165, 1.54) is 0 Å². The van der Waals surface area contributed by atoms with Crippen LogP contribution in [0.25, 0.3) is 0 Å². The minimum Gasteiger partial charge on any atom is -0.476 e. The molecule has 0 fully saturated rings. The summed E-state index contributed by atoms with van der Waals surface area (Å²) in [5, 5.41) is 9.01. The van der Waals surface area contributed by atoms with Gasteiger partial charge in [0.25, 0.3) is 0 Å². The van der Waals surface area contributed by atoms with Crippen LogP contribution in [0.2, 0.25) is 0 Å². The lowest BCUT2D eigenvalue weighted by Gasteiger charge is -2.23. The van der Waals surface area contributed by atoms with Crippen molar-refractivity contribution in [1.82, 2.24) is 9.55 Å². The number of anilines is 1. The average molecular weight is 225 g/mol. The van der Waals surface area contributed by atoms with Gasteiger partial charge in [-0.25, -0.2) is 9.78 Å². The second-order valence-corrected chi connectivity index (χ2v) is 4.03. The number of aromatic carboxylic acids is 1. The second-order valence-electron chi connectivity index (χ2n) is 4.03. The largest absolute Gasteiger partial charge is 0.476 e. The molecule has 0 saturated carbocycles. The Hall–Kier alpha value is -1.56. The number of aromatic nitrogens is 2. The highest BCUT2D eigenvalue weighted by Gasteiger charge is 2.26. The van der Waals surface area contributed by atoms with Gasteiger partial charge >= 0.3 is 5.97 Å². The molecule has 0 aromatic carbocycles. The van der Waals surface area contributed by atoms with Crippen LogP contribution in [0, 0.1) is 5.92 Å². The number of carboxylic acid groups (broad SMARTS) is 1. The molecule has 6 heteroatoms. The summed E-state index contributed by atoms with van der Waals surface area (Å²) in [7, 11) is 1.66. The number of hydrogen-bond donors (Lipinski definition) is 2. The van der Waals surface area contributed by atoms with Gasteiger partial charge in [-0.15, -0.1) is 0 Å². The van der Waals surface area contributed by atoms with Crippen molar-refractivity contribution in [2.75, 3.05) is 19.5 Å². The van der Waals surface area contributed by atoms with Crippen molar-refractivity contribution >= 4 is 11.8 Å². The Balaban J connectivity index is 2.28. The first-order valence-corrected chi connectivity index (χ1v) is 5.20. The van der Waals surface area contributed by atoms with Gasteiger partial charge in [0.1, 0.15) is 5.82 Å². The summed E-state index contributed by atoms with van der Waals surface area (Å²) < 4.78 is 6.79. The lowest BCUT2D eigenvalue weighted by atomic mass is 9.99. The molecule has 1 aromatic heterocycles. The Labute approximate surface area is 93.0 Å². The maximum absolute atomic E-state index is 11.0. The first-order valence-electron chi connectivity index (χ1n) is 5.20. The van der Waals surface area contributed by atoms with Crippen molar-refractivity contribution in [2.24, 2.45) is 5.92 Å². The van der Waals surface area contributed by atoms with E-state index in [9.17, 15) is 4.79 Å². The Kier molecular flexibility index (Phi) is 2.82. The van der Waals surface area contributed by atoms with Gasteiger partial charge in [0, 0.05) is 26.7 Å². The van der Waals surface area contributed by atoms with Crippen molar-refractivity contribution < 1.29 is 14.6 Å². The van der Waals surface area contributed by atoms with Crippen LogP contribution < -0.4 is 5.73 Å². The Morgan fingerprint density at radius 1 is 1.75 bits per heavy atom. The number of imidazole rings is 1. The molecule has 2 rings (SSSR count). The van der Waals surface area contributed by atoms with E-state index in [-0.39, 0.29) is 11.5 Å². The van der Waals surface area contributed by atoms with E-state index in [4.69, 9.17) is 15.6 Å². The van der Waals surface area contributed by atoms with E-state index >= 15 is 0 Å². The average Bonchev–Trinajstić information content (AvgIpc) is 2.53. The molecule has 1 aromatic rings. The summed E-state index contributed by atoms with van der Waals surface area (Å²) >= 11 is 0. The van der Waals surface area contributed by atoms with Crippen LogP contribution in [0.3, 0.4) is 0 Å². The Bertz CT molecular complexity index is 414. The third kappa shape index (κ3) is 1.76. The zero-order chi connectivity index (χ0) is 11.7. The van der Waals surface area contributed by atoms with E-state index < -0.39 is 5.97 Å². The fourth-order valence-electron chi connectivity index (χ4n) is 2.19. The highest BCUT2D eigenvalue weighted by molar-refractivity contribution is 5.91. The van der Waals surface area contributed by atoms with Gasteiger partial charge in [0.2, 0.25) is 0 Å². The summed E-state index contributed by atoms with van der Waals surface area (Å²) in [5.41, 5.74) is 5.71. The monoisotopic (exact) mass is 225 g/mol. The molecule has 3 N–H and O–H groups in total. The lowest BCUT2D eigenvalue weighted by Crippen LogP contribution is -2.24. The number of fused-ring (bicyclic) bond motifs is 1. The van der Waals surface area contributed by atoms with Crippen molar-refractivity contribution in [3.8, 4) is 0 Å². The quantitative estimate of drug-likeness (QED) is 0.775. The van der Waals surface area contributed by atoms with Gasteiger partial charge in [-0.2, -0.15) is 0 Å². The molecular formula is C10H15N3O3. The first kappa shape index (κ1) is 10.9. The van der Waals surface area contributed by atoms with Gasteiger partial charge in [-0.3, -0.25) is 0 Å². The SMILES string of the molecule is COCC1CCn2c(nc(N)c2C(=O)O)C1. The van der Waals surface area contributed by atoms with Gasteiger partial charge in [-0.1, -0.05) is 0 Å². The minimum absolute atomic E-state index is 0.112.